The Morgan fingerprint density at radius 3 is 2.25 bits per heavy atom. The minimum atomic E-state index is -1.24. The number of benzene rings is 1. The van der Waals surface area contributed by atoms with Gasteiger partial charge in [-0.05, 0) is 45.9 Å². The van der Waals surface area contributed by atoms with Gasteiger partial charge in [-0.1, -0.05) is 0 Å². The van der Waals surface area contributed by atoms with E-state index in [4.69, 9.17) is 0 Å². The number of carbonyl (C=O) groups excluding carboxylic acids is 1. The van der Waals surface area contributed by atoms with Crippen molar-refractivity contribution in [2.75, 3.05) is 0 Å². The second kappa shape index (κ2) is 5.11. The largest absolute Gasteiger partial charge is 0.507 e. The van der Waals surface area contributed by atoms with Crippen LogP contribution in [-0.2, 0) is 4.79 Å². The monoisotopic (exact) mass is 283 g/mol. The zero-order valence-electron chi connectivity index (χ0n) is 11.8. The lowest BCUT2D eigenvalue weighted by atomic mass is 9.74. The van der Waals surface area contributed by atoms with E-state index in [1.165, 1.54) is 13.8 Å². The molecule has 0 aliphatic carbocycles. The van der Waals surface area contributed by atoms with Crippen LogP contribution in [0.3, 0.4) is 0 Å². The molecule has 0 bridgehead atoms. The van der Waals surface area contributed by atoms with E-state index < -0.39 is 28.6 Å². The number of carbonyl (C=O) groups is 2. The smallest absolute Gasteiger partial charge is 0.311 e. The van der Waals surface area contributed by atoms with Crippen molar-refractivity contribution < 1.29 is 24.2 Å². The predicted molar refractivity (Wildman–Crippen MR) is 71.0 cm³/mol. The molecule has 0 heterocycles. The molecule has 1 aromatic carbocycles. The van der Waals surface area contributed by atoms with Crippen molar-refractivity contribution in [2.24, 2.45) is 5.41 Å². The number of halogens is 1. The number of phenolic OH excluding ortho intramolecular Hbond substituents is 1. The normalized spacial score (nSPS) is 12.1. The Balaban J connectivity index is 3.06. The van der Waals surface area contributed by atoms with Crippen molar-refractivity contribution in [3.63, 3.8) is 0 Å². The number of aromatic hydroxyl groups is 1. The van der Waals surface area contributed by atoms with E-state index in [-0.39, 0.29) is 11.3 Å². The van der Waals surface area contributed by atoms with Gasteiger partial charge in [0, 0.05) is 0 Å². The summed E-state index contributed by atoms with van der Waals surface area (Å²) in [6.45, 7) is 6.05. The summed E-state index contributed by atoms with van der Waals surface area (Å²) in [6, 6.07) is 2.99. The molecule has 0 fully saturated rings. The van der Waals surface area contributed by atoms with Crippen LogP contribution in [0.5, 0.6) is 5.75 Å². The molecule has 0 saturated carbocycles. The number of aliphatic carboxylic acids is 1. The minimum Gasteiger partial charge on any atom is -0.507 e. The topological polar surface area (TPSA) is 86.6 Å². The average Bonchev–Trinajstić information content (AvgIpc) is 2.31. The van der Waals surface area contributed by atoms with Gasteiger partial charge in [0.15, 0.2) is 0 Å². The molecule has 0 atom stereocenters. The number of nitrogens with one attached hydrogen (secondary N) is 1. The van der Waals surface area contributed by atoms with Crippen LogP contribution in [0, 0.1) is 11.2 Å². The number of hydrogen-bond donors (Lipinski definition) is 3. The molecule has 3 N–H and O–H groups in total. The molecule has 0 aromatic heterocycles. The van der Waals surface area contributed by atoms with Crippen molar-refractivity contribution in [3.8, 4) is 5.75 Å². The van der Waals surface area contributed by atoms with Gasteiger partial charge in [0.05, 0.1) is 16.5 Å². The van der Waals surface area contributed by atoms with Gasteiger partial charge in [-0.2, -0.15) is 0 Å². The van der Waals surface area contributed by atoms with Gasteiger partial charge in [0.2, 0.25) is 0 Å². The van der Waals surface area contributed by atoms with Crippen LogP contribution < -0.4 is 5.32 Å². The van der Waals surface area contributed by atoms with Crippen LogP contribution in [-0.4, -0.2) is 27.6 Å². The van der Waals surface area contributed by atoms with Crippen molar-refractivity contribution in [3.05, 3.63) is 29.6 Å². The zero-order chi connectivity index (χ0) is 15.7. The quantitative estimate of drug-likeness (QED) is 0.790. The molecule has 0 saturated heterocycles. The molecule has 5 nitrogen and oxygen atoms in total. The Morgan fingerprint density at radius 2 is 1.75 bits per heavy atom. The molecule has 1 amide bonds. The summed E-state index contributed by atoms with van der Waals surface area (Å²) in [5, 5.41) is 21.3. The summed E-state index contributed by atoms with van der Waals surface area (Å²) >= 11 is 0. The highest BCUT2D eigenvalue weighted by atomic mass is 19.1. The second-order valence-electron chi connectivity index (χ2n) is 5.67. The van der Waals surface area contributed by atoms with E-state index in [1.807, 2.05) is 0 Å². The van der Waals surface area contributed by atoms with Crippen LogP contribution in [0.4, 0.5) is 4.39 Å². The summed E-state index contributed by atoms with van der Waals surface area (Å²) < 4.78 is 13.1. The third-order valence-electron chi connectivity index (χ3n) is 3.73. The average molecular weight is 283 g/mol. The Morgan fingerprint density at radius 1 is 1.20 bits per heavy atom. The molecule has 110 valence electrons. The van der Waals surface area contributed by atoms with Crippen LogP contribution in [0.1, 0.15) is 38.1 Å². The maximum absolute atomic E-state index is 13.1. The van der Waals surface area contributed by atoms with E-state index in [0.29, 0.717) is 0 Å². The predicted octanol–water partition coefficient (Wildman–Crippen LogP) is 2.15. The Labute approximate surface area is 116 Å². The summed E-state index contributed by atoms with van der Waals surface area (Å²) in [5.74, 6) is -2.84. The zero-order valence-corrected chi connectivity index (χ0v) is 11.8. The lowest BCUT2D eigenvalue weighted by molar-refractivity contribution is -0.150. The standard InChI is InChI=1S/C14H18FNO4/c1-13(2,12(19)20)14(3,4)16-11(18)9-7-8(15)5-6-10(9)17/h5-7,17H,1-4H3,(H,16,18)(H,19,20). The summed E-state index contributed by atoms with van der Waals surface area (Å²) in [6.07, 6.45) is 0. The molecule has 1 aromatic rings. The van der Waals surface area contributed by atoms with Gasteiger partial charge >= 0.3 is 5.97 Å². The van der Waals surface area contributed by atoms with Crippen molar-refractivity contribution in [1.29, 1.82) is 0 Å². The van der Waals surface area contributed by atoms with E-state index in [1.54, 1.807) is 13.8 Å². The fourth-order valence-electron chi connectivity index (χ4n) is 1.46. The van der Waals surface area contributed by atoms with Crippen LogP contribution >= 0.6 is 0 Å². The van der Waals surface area contributed by atoms with Gasteiger partial charge in [0.25, 0.3) is 5.91 Å². The van der Waals surface area contributed by atoms with Crippen LogP contribution in [0.25, 0.3) is 0 Å². The molecule has 0 spiro atoms. The minimum absolute atomic E-state index is 0.237. The molecular weight excluding hydrogens is 265 g/mol. The van der Waals surface area contributed by atoms with Gasteiger partial charge in [-0.15, -0.1) is 0 Å². The number of phenols is 1. The molecule has 20 heavy (non-hydrogen) atoms. The Bertz CT molecular complexity index is 552. The number of carboxylic acids is 1. The summed E-state index contributed by atoms with van der Waals surface area (Å²) in [4.78, 5) is 23.3. The fraction of sp³-hybridized carbons (Fsp3) is 0.429. The SMILES string of the molecule is CC(C)(NC(=O)c1cc(F)ccc1O)C(C)(C)C(=O)O. The van der Waals surface area contributed by atoms with Gasteiger partial charge < -0.3 is 15.5 Å². The van der Waals surface area contributed by atoms with Crippen molar-refractivity contribution in [2.45, 2.75) is 33.2 Å². The summed E-state index contributed by atoms with van der Waals surface area (Å²) in [5.41, 5.74) is -2.58. The number of rotatable bonds is 4. The highest BCUT2D eigenvalue weighted by Gasteiger charge is 2.44. The first-order chi connectivity index (χ1) is 8.99. The first-order valence-corrected chi connectivity index (χ1v) is 6.03. The maximum Gasteiger partial charge on any atom is 0.311 e. The van der Waals surface area contributed by atoms with Crippen LogP contribution in [0.2, 0.25) is 0 Å². The lowest BCUT2D eigenvalue weighted by Crippen LogP contribution is -2.56. The van der Waals surface area contributed by atoms with Crippen molar-refractivity contribution >= 4 is 11.9 Å². The van der Waals surface area contributed by atoms with E-state index in [2.05, 4.69) is 5.32 Å². The summed E-state index contributed by atoms with van der Waals surface area (Å²) in [7, 11) is 0. The fourth-order valence-corrected chi connectivity index (χ4v) is 1.46. The van der Waals surface area contributed by atoms with Crippen LogP contribution in [0.15, 0.2) is 18.2 Å². The van der Waals surface area contributed by atoms with E-state index in [0.717, 1.165) is 18.2 Å². The third-order valence-corrected chi connectivity index (χ3v) is 3.73. The lowest BCUT2D eigenvalue weighted by Gasteiger charge is -2.38. The van der Waals surface area contributed by atoms with Gasteiger partial charge in [-0.3, -0.25) is 9.59 Å². The third kappa shape index (κ3) is 2.89. The second-order valence-corrected chi connectivity index (χ2v) is 5.67. The Kier molecular flexibility index (Phi) is 4.07. The molecule has 0 unspecified atom stereocenters. The molecule has 0 aliphatic heterocycles. The van der Waals surface area contributed by atoms with Gasteiger partial charge in [-0.25, -0.2) is 4.39 Å². The van der Waals surface area contributed by atoms with Crippen molar-refractivity contribution in [1.82, 2.24) is 5.32 Å². The maximum atomic E-state index is 13.1. The first-order valence-electron chi connectivity index (χ1n) is 6.03. The number of carboxylic acid groups (broad SMARTS) is 1. The van der Waals surface area contributed by atoms with E-state index >= 15 is 0 Å². The number of amides is 1. The molecular formula is C14H18FNO4. The van der Waals surface area contributed by atoms with Gasteiger partial charge in [0.1, 0.15) is 11.6 Å². The van der Waals surface area contributed by atoms with E-state index in [9.17, 15) is 24.2 Å². The molecule has 6 heteroatoms. The molecule has 0 aliphatic rings. The molecule has 1 rings (SSSR count). The Hall–Kier alpha value is -2.11. The highest BCUT2D eigenvalue weighted by molar-refractivity contribution is 5.97. The first kappa shape index (κ1) is 15.9. The molecule has 0 radical (unpaired) electrons. The highest BCUT2D eigenvalue weighted by Crippen LogP contribution is 2.31. The number of hydrogen-bond acceptors (Lipinski definition) is 3.